The Balaban J connectivity index is 2.06. The van der Waals surface area contributed by atoms with E-state index < -0.39 is 0 Å². The predicted molar refractivity (Wildman–Crippen MR) is 76.8 cm³/mol. The molecule has 110 valence electrons. The molecule has 1 amide bonds. The fraction of sp³-hybridized carbons (Fsp3) is 0.533. The highest BCUT2D eigenvalue weighted by Crippen LogP contribution is 2.33. The van der Waals surface area contributed by atoms with Gasteiger partial charge in [-0.25, -0.2) is 0 Å². The highest BCUT2D eigenvalue weighted by molar-refractivity contribution is 5.85. The number of para-hydroxylation sites is 1. The van der Waals surface area contributed by atoms with Gasteiger partial charge in [0.25, 0.3) is 0 Å². The second-order valence-corrected chi connectivity index (χ2v) is 4.97. The van der Waals surface area contributed by atoms with E-state index in [4.69, 9.17) is 15.2 Å². The van der Waals surface area contributed by atoms with Crippen LogP contribution in [0.25, 0.3) is 0 Å². The van der Waals surface area contributed by atoms with Crippen molar-refractivity contribution in [2.45, 2.75) is 24.8 Å². The molecule has 0 fully saturated rings. The van der Waals surface area contributed by atoms with Crippen LogP contribution in [0.15, 0.2) is 24.3 Å². The lowest BCUT2D eigenvalue weighted by Crippen LogP contribution is -2.42. The molecule has 0 aromatic heterocycles. The topological polar surface area (TPSA) is 73.6 Å². The highest BCUT2D eigenvalue weighted by atomic mass is 16.5. The lowest BCUT2D eigenvalue weighted by Gasteiger charge is -2.27. The average molecular weight is 278 g/mol. The third kappa shape index (κ3) is 3.49. The molecule has 0 bridgehead atoms. The Morgan fingerprint density at radius 1 is 1.55 bits per heavy atom. The summed E-state index contributed by atoms with van der Waals surface area (Å²) >= 11 is 0. The number of carbonyl (C=O) groups excluding carboxylic acids is 1. The van der Waals surface area contributed by atoms with Gasteiger partial charge in [-0.2, -0.15) is 0 Å². The van der Waals surface area contributed by atoms with Gasteiger partial charge in [-0.3, -0.25) is 4.79 Å². The van der Waals surface area contributed by atoms with Crippen molar-refractivity contribution in [1.29, 1.82) is 0 Å². The smallest absolute Gasteiger partial charge is 0.228 e. The number of methoxy groups -OCH3 is 1. The molecule has 1 heterocycles. The zero-order valence-corrected chi connectivity index (χ0v) is 11.8. The number of hydrogen-bond acceptors (Lipinski definition) is 4. The van der Waals surface area contributed by atoms with Gasteiger partial charge in [0, 0.05) is 12.7 Å². The highest BCUT2D eigenvalue weighted by Gasteiger charge is 2.28. The Labute approximate surface area is 119 Å². The number of fused-ring (bicyclic) bond motifs is 1. The van der Waals surface area contributed by atoms with Crippen LogP contribution in [0.1, 0.15) is 24.3 Å². The van der Waals surface area contributed by atoms with Gasteiger partial charge >= 0.3 is 0 Å². The van der Waals surface area contributed by atoms with Crippen molar-refractivity contribution >= 4 is 5.91 Å². The van der Waals surface area contributed by atoms with Gasteiger partial charge in [0.1, 0.15) is 5.75 Å². The maximum Gasteiger partial charge on any atom is 0.228 e. The maximum absolute atomic E-state index is 12.5. The van der Waals surface area contributed by atoms with Crippen molar-refractivity contribution < 1.29 is 14.3 Å². The first-order valence-corrected chi connectivity index (χ1v) is 6.97. The van der Waals surface area contributed by atoms with Crippen molar-refractivity contribution in [2.24, 2.45) is 5.73 Å². The van der Waals surface area contributed by atoms with E-state index in [1.807, 2.05) is 24.3 Å². The van der Waals surface area contributed by atoms with Gasteiger partial charge < -0.3 is 20.5 Å². The molecule has 3 N–H and O–H groups in total. The molecule has 0 radical (unpaired) electrons. The van der Waals surface area contributed by atoms with Crippen molar-refractivity contribution in [3.8, 4) is 5.75 Å². The predicted octanol–water partition coefficient (Wildman–Crippen LogP) is 1.03. The summed E-state index contributed by atoms with van der Waals surface area (Å²) in [5, 5.41) is 3.03. The van der Waals surface area contributed by atoms with E-state index in [-0.39, 0.29) is 17.9 Å². The summed E-state index contributed by atoms with van der Waals surface area (Å²) in [7, 11) is 1.62. The summed E-state index contributed by atoms with van der Waals surface area (Å²) in [6.45, 7) is 1.58. The van der Waals surface area contributed by atoms with E-state index in [1.165, 1.54) is 0 Å². The first-order chi connectivity index (χ1) is 9.76. The molecule has 5 nitrogen and oxygen atoms in total. The number of amides is 1. The number of nitrogens with two attached hydrogens (primary N) is 1. The molecule has 5 heteroatoms. The standard InChI is InChI=1S/C15H22N2O3/c1-19-10-11(6-8-16)17-15(18)13-7-9-20-14-5-3-2-4-12(13)14/h2-5,11,13H,6-10,16H2,1H3,(H,17,18). The maximum atomic E-state index is 12.5. The Morgan fingerprint density at radius 3 is 3.10 bits per heavy atom. The lowest BCUT2D eigenvalue weighted by molar-refractivity contribution is -0.124. The van der Waals surface area contributed by atoms with Crippen LogP contribution in [-0.4, -0.2) is 38.8 Å². The van der Waals surface area contributed by atoms with Crippen molar-refractivity contribution in [3.05, 3.63) is 29.8 Å². The molecule has 1 aliphatic rings. The minimum atomic E-state index is -0.155. The second kappa shape index (κ2) is 7.26. The summed E-state index contributed by atoms with van der Waals surface area (Å²) in [6, 6.07) is 7.67. The van der Waals surface area contributed by atoms with E-state index >= 15 is 0 Å². The first kappa shape index (κ1) is 14.8. The Kier molecular flexibility index (Phi) is 5.38. The number of ether oxygens (including phenoxy) is 2. The molecule has 20 heavy (non-hydrogen) atoms. The fourth-order valence-electron chi connectivity index (χ4n) is 2.52. The van der Waals surface area contributed by atoms with Crippen molar-refractivity contribution in [3.63, 3.8) is 0 Å². The molecule has 0 saturated heterocycles. The summed E-state index contributed by atoms with van der Waals surface area (Å²) in [6.07, 6.45) is 1.41. The molecular weight excluding hydrogens is 256 g/mol. The minimum absolute atomic E-state index is 0.0243. The molecule has 0 saturated carbocycles. The Bertz CT molecular complexity index is 444. The van der Waals surface area contributed by atoms with E-state index in [0.29, 0.717) is 32.6 Å². The summed E-state index contributed by atoms with van der Waals surface area (Å²) in [4.78, 5) is 12.5. The minimum Gasteiger partial charge on any atom is -0.493 e. The fourth-order valence-corrected chi connectivity index (χ4v) is 2.52. The van der Waals surface area contributed by atoms with Crippen LogP contribution in [0.5, 0.6) is 5.75 Å². The van der Waals surface area contributed by atoms with Gasteiger partial charge in [-0.15, -0.1) is 0 Å². The number of nitrogens with one attached hydrogen (secondary N) is 1. The number of hydrogen-bond donors (Lipinski definition) is 2. The zero-order chi connectivity index (χ0) is 14.4. The van der Waals surface area contributed by atoms with Gasteiger partial charge in [0.05, 0.1) is 25.2 Å². The molecular formula is C15H22N2O3. The molecule has 1 aromatic carbocycles. The summed E-state index contributed by atoms with van der Waals surface area (Å²) in [5.41, 5.74) is 6.52. The molecule has 0 spiro atoms. The van der Waals surface area contributed by atoms with Crippen molar-refractivity contribution in [1.82, 2.24) is 5.32 Å². The molecule has 1 aliphatic heterocycles. The van der Waals surface area contributed by atoms with Gasteiger partial charge in [-0.1, -0.05) is 18.2 Å². The van der Waals surface area contributed by atoms with Crippen LogP contribution in [0.2, 0.25) is 0 Å². The van der Waals surface area contributed by atoms with Crippen LogP contribution in [0, 0.1) is 0 Å². The molecule has 1 aromatic rings. The third-order valence-electron chi connectivity index (χ3n) is 3.50. The molecule has 0 aliphatic carbocycles. The quantitative estimate of drug-likeness (QED) is 0.815. The van der Waals surface area contributed by atoms with Crippen LogP contribution >= 0.6 is 0 Å². The summed E-state index contributed by atoms with van der Waals surface area (Å²) in [5.74, 6) is 0.675. The van der Waals surface area contributed by atoms with E-state index in [1.54, 1.807) is 7.11 Å². The molecule has 2 rings (SSSR count). The molecule has 2 atom stereocenters. The first-order valence-electron chi connectivity index (χ1n) is 6.97. The Morgan fingerprint density at radius 2 is 2.35 bits per heavy atom. The van der Waals surface area contributed by atoms with Gasteiger partial charge in [-0.05, 0) is 25.5 Å². The average Bonchev–Trinajstić information content (AvgIpc) is 2.47. The number of carbonyl (C=O) groups is 1. The van der Waals surface area contributed by atoms with Gasteiger partial charge in [0.15, 0.2) is 0 Å². The molecule has 2 unspecified atom stereocenters. The zero-order valence-electron chi connectivity index (χ0n) is 11.8. The van der Waals surface area contributed by atoms with Crippen LogP contribution in [-0.2, 0) is 9.53 Å². The summed E-state index contributed by atoms with van der Waals surface area (Å²) < 4.78 is 10.7. The third-order valence-corrected chi connectivity index (χ3v) is 3.50. The van der Waals surface area contributed by atoms with E-state index in [0.717, 1.165) is 11.3 Å². The van der Waals surface area contributed by atoms with Crippen LogP contribution < -0.4 is 15.8 Å². The van der Waals surface area contributed by atoms with E-state index in [9.17, 15) is 4.79 Å². The number of benzene rings is 1. The van der Waals surface area contributed by atoms with Crippen LogP contribution in [0.4, 0.5) is 0 Å². The van der Waals surface area contributed by atoms with Crippen LogP contribution in [0.3, 0.4) is 0 Å². The second-order valence-electron chi connectivity index (χ2n) is 4.97. The van der Waals surface area contributed by atoms with E-state index in [2.05, 4.69) is 5.32 Å². The SMILES string of the molecule is COCC(CCN)NC(=O)C1CCOc2ccccc21. The normalized spacial score (nSPS) is 18.8. The lowest BCUT2D eigenvalue weighted by atomic mass is 9.92. The monoisotopic (exact) mass is 278 g/mol. The number of rotatable bonds is 6. The van der Waals surface area contributed by atoms with Gasteiger partial charge in [0.2, 0.25) is 5.91 Å². The largest absolute Gasteiger partial charge is 0.493 e. The Hall–Kier alpha value is -1.59. The van der Waals surface area contributed by atoms with Crippen molar-refractivity contribution in [2.75, 3.05) is 26.9 Å².